The Balaban J connectivity index is 1.60. The summed E-state index contributed by atoms with van der Waals surface area (Å²) in [6.07, 6.45) is -21.2. The molecule has 200 valence electrons. The van der Waals surface area contributed by atoms with E-state index in [1.807, 2.05) is 0 Å². The van der Waals surface area contributed by atoms with Crippen LogP contribution in [0.1, 0.15) is 0 Å². The maximum atomic E-state index is 10.4. The van der Waals surface area contributed by atoms with Gasteiger partial charge in [0, 0.05) is 0 Å². The lowest BCUT2D eigenvalue weighted by atomic mass is 9.98. The Hall–Kier alpha value is -0.640. The van der Waals surface area contributed by atoms with Gasteiger partial charge in [-0.1, -0.05) is 0 Å². The summed E-state index contributed by atoms with van der Waals surface area (Å²) in [6, 6.07) is 0. The van der Waals surface area contributed by atoms with Crippen molar-refractivity contribution in [2.45, 2.75) is 85.5 Å². The molecule has 3 rings (SSSR count). The monoisotopic (exact) mass is 504 g/mol. The molecule has 14 atom stereocenters. The summed E-state index contributed by atoms with van der Waals surface area (Å²) in [4.78, 5) is 0. The first-order valence-electron chi connectivity index (χ1n) is 10.6. The van der Waals surface area contributed by atoms with Crippen molar-refractivity contribution in [3.8, 4) is 0 Å². The van der Waals surface area contributed by atoms with Gasteiger partial charge < -0.3 is 79.9 Å². The zero-order valence-corrected chi connectivity index (χ0v) is 17.8. The van der Waals surface area contributed by atoms with E-state index >= 15 is 0 Å². The lowest BCUT2D eigenvalue weighted by molar-refractivity contribution is -0.345. The average molecular weight is 504 g/mol. The lowest BCUT2D eigenvalue weighted by Gasteiger charge is -2.43. The number of ether oxygens (including phenoxy) is 5. The van der Waals surface area contributed by atoms with Gasteiger partial charge in [0.1, 0.15) is 73.8 Å². The van der Waals surface area contributed by atoms with Gasteiger partial charge in [0.2, 0.25) is 5.79 Å². The zero-order chi connectivity index (χ0) is 25.4. The molecule has 0 aromatic rings. The van der Waals surface area contributed by atoms with Crippen molar-refractivity contribution in [3.05, 3.63) is 0 Å². The van der Waals surface area contributed by atoms with E-state index in [1.165, 1.54) is 0 Å². The summed E-state index contributed by atoms with van der Waals surface area (Å²) in [5.74, 6) is -2.49. The predicted octanol–water partition coefficient (Wildman–Crippen LogP) is -7.57. The van der Waals surface area contributed by atoms with Crippen LogP contribution in [0.4, 0.5) is 0 Å². The third kappa shape index (κ3) is 5.37. The van der Waals surface area contributed by atoms with Gasteiger partial charge in [-0.05, 0) is 0 Å². The van der Waals surface area contributed by atoms with Crippen LogP contribution in [0.15, 0.2) is 0 Å². The van der Waals surface area contributed by atoms with Crippen LogP contribution >= 0.6 is 0 Å². The summed E-state index contributed by atoms with van der Waals surface area (Å²) in [5.41, 5.74) is 0. The van der Waals surface area contributed by atoms with E-state index in [4.69, 9.17) is 28.8 Å². The summed E-state index contributed by atoms with van der Waals surface area (Å²) >= 11 is 0. The molecule has 0 amide bonds. The number of rotatable bonds is 8. The van der Waals surface area contributed by atoms with E-state index in [1.54, 1.807) is 0 Å². The van der Waals surface area contributed by atoms with Gasteiger partial charge in [-0.3, -0.25) is 0 Å². The first-order chi connectivity index (χ1) is 15.9. The number of hydrogen-bond donors (Lipinski definition) is 11. The first kappa shape index (κ1) is 27.9. The fraction of sp³-hybridized carbons (Fsp3) is 1.00. The van der Waals surface area contributed by atoms with E-state index in [2.05, 4.69) is 0 Å². The van der Waals surface area contributed by atoms with Crippen LogP contribution in [-0.2, 0) is 23.7 Å². The van der Waals surface area contributed by atoms with E-state index in [0.29, 0.717) is 0 Å². The third-order valence-electron chi connectivity index (χ3n) is 6.10. The van der Waals surface area contributed by atoms with Gasteiger partial charge in [-0.25, -0.2) is 0 Å². The molecular formula is C18H32O16. The van der Waals surface area contributed by atoms with Gasteiger partial charge >= 0.3 is 0 Å². The second kappa shape index (κ2) is 11.2. The molecule has 0 spiro atoms. The Morgan fingerprint density at radius 1 is 0.588 bits per heavy atom. The molecule has 0 aromatic heterocycles. The molecule has 3 heterocycles. The van der Waals surface area contributed by atoms with Crippen LogP contribution in [0, 0.1) is 0 Å². The molecule has 0 bridgehead atoms. The van der Waals surface area contributed by atoms with Crippen molar-refractivity contribution in [2.24, 2.45) is 0 Å². The molecule has 3 aliphatic rings. The Morgan fingerprint density at radius 2 is 1.09 bits per heavy atom. The predicted molar refractivity (Wildman–Crippen MR) is 101 cm³/mol. The van der Waals surface area contributed by atoms with Crippen molar-refractivity contribution in [3.63, 3.8) is 0 Å². The smallest absolute Gasteiger partial charge is 0.219 e. The molecule has 0 radical (unpaired) electrons. The fourth-order valence-corrected chi connectivity index (χ4v) is 3.92. The SMILES string of the molecule is OC[C@H]1O[C@H](OC[C@H]2OC(OC[C@]3(O)O[C@H](CO)[C@@H](O)[C@@H]3O)[C@H](O)[C@@H](O)[C@@H]2O)[C@H](O)[C@@H](O)[C@H]1O. The van der Waals surface area contributed by atoms with Gasteiger partial charge in [0.05, 0.1) is 19.8 Å². The van der Waals surface area contributed by atoms with Crippen LogP contribution in [0.3, 0.4) is 0 Å². The van der Waals surface area contributed by atoms with Gasteiger partial charge in [-0.15, -0.1) is 0 Å². The van der Waals surface area contributed by atoms with Gasteiger partial charge in [0.25, 0.3) is 0 Å². The number of aliphatic hydroxyl groups is 11. The van der Waals surface area contributed by atoms with Gasteiger partial charge in [-0.2, -0.15) is 0 Å². The van der Waals surface area contributed by atoms with Crippen LogP contribution in [-0.4, -0.2) is 168 Å². The first-order valence-corrected chi connectivity index (χ1v) is 10.6. The van der Waals surface area contributed by atoms with E-state index < -0.39 is 112 Å². The molecule has 16 nitrogen and oxygen atoms in total. The standard InChI is InChI=1S/C18H32O16/c19-1-5-8(21)11(24)13(26)16(32-5)30-3-7-9(22)12(25)14(27)17(33-7)31-4-18(29)15(28)10(23)6(2-20)34-18/h5-17,19-29H,1-4H2/t5-,6-,7-,8+,9-,10-,11+,12+,13-,14-,15+,16+,17?,18+/m1/s1. The Labute approximate surface area is 192 Å². The molecule has 0 aliphatic carbocycles. The molecular weight excluding hydrogens is 472 g/mol. The van der Waals surface area contributed by atoms with E-state index in [9.17, 15) is 51.1 Å². The van der Waals surface area contributed by atoms with Crippen LogP contribution in [0.25, 0.3) is 0 Å². The third-order valence-corrected chi connectivity index (χ3v) is 6.10. The molecule has 1 unspecified atom stereocenters. The van der Waals surface area contributed by atoms with E-state index in [0.717, 1.165) is 0 Å². The quantitative estimate of drug-likeness (QED) is 0.146. The Morgan fingerprint density at radius 3 is 1.62 bits per heavy atom. The summed E-state index contributed by atoms with van der Waals surface area (Å²) < 4.78 is 26.0. The molecule has 0 saturated carbocycles. The second-order valence-electron chi connectivity index (χ2n) is 8.48. The highest BCUT2D eigenvalue weighted by atomic mass is 16.7. The van der Waals surface area contributed by atoms with Gasteiger partial charge in [0.15, 0.2) is 12.6 Å². The normalized spacial score (nSPS) is 52.1. The summed E-state index contributed by atoms with van der Waals surface area (Å²) in [6.45, 7) is -2.89. The molecule has 3 aliphatic heterocycles. The van der Waals surface area contributed by atoms with E-state index in [-0.39, 0.29) is 0 Å². The van der Waals surface area contributed by atoms with Crippen molar-refractivity contribution < 1.29 is 79.9 Å². The molecule has 0 aromatic carbocycles. The topological polar surface area (TPSA) is 269 Å². The Kier molecular flexibility index (Phi) is 9.18. The second-order valence-corrected chi connectivity index (χ2v) is 8.48. The van der Waals surface area contributed by atoms with Crippen LogP contribution in [0.2, 0.25) is 0 Å². The molecule has 11 N–H and O–H groups in total. The minimum atomic E-state index is -2.49. The number of hydrogen-bond acceptors (Lipinski definition) is 16. The lowest BCUT2D eigenvalue weighted by Crippen LogP contribution is -2.62. The fourth-order valence-electron chi connectivity index (χ4n) is 3.92. The maximum absolute atomic E-state index is 10.4. The van der Waals surface area contributed by atoms with Crippen molar-refractivity contribution in [1.29, 1.82) is 0 Å². The highest BCUT2D eigenvalue weighted by Crippen LogP contribution is 2.31. The largest absolute Gasteiger partial charge is 0.394 e. The van der Waals surface area contributed by atoms with Crippen molar-refractivity contribution in [1.82, 2.24) is 0 Å². The van der Waals surface area contributed by atoms with Crippen molar-refractivity contribution >= 4 is 0 Å². The summed E-state index contributed by atoms with van der Waals surface area (Å²) in [5, 5.41) is 109. The highest BCUT2D eigenvalue weighted by Gasteiger charge is 2.55. The Bertz CT molecular complexity index is 653. The maximum Gasteiger partial charge on any atom is 0.219 e. The average Bonchev–Trinajstić information content (AvgIpc) is 3.04. The zero-order valence-electron chi connectivity index (χ0n) is 17.8. The van der Waals surface area contributed by atoms with Crippen LogP contribution < -0.4 is 0 Å². The molecule has 34 heavy (non-hydrogen) atoms. The molecule has 3 fully saturated rings. The molecule has 16 heteroatoms. The molecule has 3 saturated heterocycles. The summed E-state index contributed by atoms with van der Waals surface area (Å²) in [7, 11) is 0. The highest BCUT2D eigenvalue weighted by molar-refractivity contribution is 4.96. The minimum Gasteiger partial charge on any atom is -0.394 e. The minimum absolute atomic E-state index is 0.595. The van der Waals surface area contributed by atoms with Crippen LogP contribution in [0.5, 0.6) is 0 Å². The number of aliphatic hydroxyl groups excluding tert-OH is 10. The van der Waals surface area contributed by atoms with Crippen molar-refractivity contribution in [2.75, 3.05) is 26.4 Å².